The molecule has 19 heavy (non-hydrogen) atoms. The van der Waals surface area contributed by atoms with E-state index in [1.54, 1.807) is 12.1 Å². The Bertz CT molecular complexity index is 286. The molecule has 1 aromatic carbocycles. The monoisotopic (exact) mass is 276 g/mol. The van der Waals surface area contributed by atoms with E-state index in [9.17, 15) is 13.2 Å². The van der Waals surface area contributed by atoms with E-state index in [0.717, 1.165) is 43.4 Å². The average molecular weight is 276 g/mol. The van der Waals surface area contributed by atoms with Crippen LogP contribution in [0.25, 0.3) is 0 Å². The molecule has 0 bridgehead atoms. The smallest absolute Gasteiger partial charge is 0.166 e. The number of hydrogen-bond donors (Lipinski definition) is 0. The molecule has 0 atom stereocenters. The van der Waals surface area contributed by atoms with Gasteiger partial charge < -0.3 is 0 Å². The second-order valence-electron chi connectivity index (χ2n) is 3.65. The quantitative estimate of drug-likeness (QED) is 0.551. The fourth-order valence-electron chi connectivity index (χ4n) is 1.44. The molecule has 0 radical (unpaired) electrons. The minimum Gasteiger partial charge on any atom is -0.166 e. The van der Waals surface area contributed by atoms with E-state index >= 15 is 0 Å². The van der Waals surface area contributed by atoms with E-state index in [4.69, 9.17) is 0 Å². The summed E-state index contributed by atoms with van der Waals surface area (Å²) in [7, 11) is 0. The van der Waals surface area contributed by atoms with E-state index in [1.807, 2.05) is 27.7 Å². The number of rotatable bonds is 4. The number of unbranched alkanes of at least 4 members (excludes halogenated alkanes) is 2. The molecule has 0 amide bonds. The third-order valence-electron chi connectivity index (χ3n) is 2.35. The van der Waals surface area contributed by atoms with Gasteiger partial charge in [0.1, 0.15) is 0 Å². The summed E-state index contributed by atoms with van der Waals surface area (Å²) in [5, 5.41) is 0. The van der Waals surface area contributed by atoms with Gasteiger partial charge in [-0.15, -0.1) is 0 Å². The molecular formula is C16H27F3. The Labute approximate surface area is 116 Å². The Morgan fingerprint density at radius 1 is 0.842 bits per heavy atom. The largest absolute Gasteiger partial charge is 0.416 e. The first-order chi connectivity index (χ1) is 9.04. The summed E-state index contributed by atoms with van der Waals surface area (Å²) in [6.45, 7) is 10.1. The van der Waals surface area contributed by atoms with Gasteiger partial charge in [-0.05, 0) is 30.5 Å². The van der Waals surface area contributed by atoms with Crippen molar-refractivity contribution in [1.29, 1.82) is 0 Å². The highest BCUT2D eigenvalue weighted by Crippen LogP contribution is 2.29. The zero-order valence-corrected chi connectivity index (χ0v) is 12.8. The summed E-state index contributed by atoms with van der Waals surface area (Å²) in [5.74, 6) is 0. The van der Waals surface area contributed by atoms with Crippen LogP contribution < -0.4 is 0 Å². The van der Waals surface area contributed by atoms with Gasteiger partial charge in [0.05, 0.1) is 5.56 Å². The average Bonchev–Trinajstić information content (AvgIpc) is 2.43. The van der Waals surface area contributed by atoms with Gasteiger partial charge in [-0.1, -0.05) is 59.6 Å². The van der Waals surface area contributed by atoms with Gasteiger partial charge in [0.2, 0.25) is 0 Å². The SMILES string of the molecule is CC.CC.CCCCCc1ccc(C(F)(F)F)cc1. The predicted molar refractivity (Wildman–Crippen MR) is 77.4 cm³/mol. The summed E-state index contributed by atoms with van der Waals surface area (Å²) in [4.78, 5) is 0. The second kappa shape index (κ2) is 12.1. The van der Waals surface area contributed by atoms with Crippen LogP contribution in [0.1, 0.15) is 65.0 Å². The maximum atomic E-state index is 12.2. The third-order valence-corrected chi connectivity index (χ3v) is 2.35. The zero-order valence-electron chi connectivity index (χ0n) is 12.8. The Morgan fingerprint density at radius 3 is 1.68 bits per heavy atom. The van der Waals surface area contributed by atoms with Crippen LogP contribution in [0, 0.1) is 0 Å². The molecule has 3 heteroatoms. The van der Waals surface area contributed by atoms with Gasteiger partial charge in [0, 0.05) is 0 Å². The van der Waals surface area contributed by atoms with Gasteiger partial charge in [0.15, 0.2) is 0 Å². The van der Waals surface area contributed by atoms with Crippen LogP contribution >= 0.6 is 0 Å². The topological polar surface area (TPSA) is 0 Å². The van der Waals surface area contributed by atoms with Crippen molar-refractivity contribution in [3.05, 3.63) is 35.4 Å². The number of hydrogen-bond acceptors (Lipinski definition) is 0. The lowest BCUT2D eigenvalue weighted by atomic mass is 10.1. The van der Waals surface area contributed by atoms with Crippen molar-refractivity contribution in [2.24, 2.45) is 0 Å². The van der Waals surface area contributed by atoms with Gasteiger partial charge >= 0.3 is 6.18 Å². The fourth-order valence-corrected chi connectivity index (χ4v) is 1.44. The van der Waals surface area contributed by atoms with Gasteiger partial charge in [-0.25, -0.2) is 0 Å². The fraction of sp³-hybridized carbons (Fsp3) is 0.625. The number of benzene rings is 1. The molecule has 0 heterocycles. The molecule has 0 unspecified atom stereocenters. The molecule has 0 aliphatic carbocycles. The molecular weight excluding hydrogens is 249 g/mol. The molecule has 0 fully saturated rings. The normalized spacial score (nSPS) is 9.89. The molecule has 1 rings (SSSR count). The van der Waals surface area contributed by atoms with Crippen LogP contribution in [0.15, 0.2) is 24.3 Å². The highest BCUT2D eigenvalue weighted by molar-refractivity contribution is 5.24. The van der Waals surface area contributed by atoms with Crippen LogP contribution in [-0.2, 0) is 12.6 Å². The first-order valence-corrected chi connectivity index (χ1v) is 7.20. The van der Waals surface area contributed by atoms with E-state index < -0.39 is 11.7 Å². The Morgan fingerprint density at radius 2 is 1.32 bits per heavy atom. The molecule has 0 saturated carbocycles. The van der Waals surface area contributed by atoms with Crippen molar-refractivity contribution in [1.82, 2.24) is 0 Å². The molecule has 0 aliphatic heterocycles. The van der Waals surface area contributed by atoms with Crippen molar-refractivity contribution in [2.75, 3.05) is 0 Å². The first-order valence-electron chi connectivity index (χ1n) is 7.20. The maximum Gasteiger partial charge on any atom is 0.416 e. The minimum atomic E-state index is -4.22. The summed E-state index contributed by atoms with van der Waals surface area (Å²) in [6.07, 6.45) is -0.0581. The Hall–Kier alpha value is -0.990. The standard InChI is InChI=1S/C12H15F3.2C2H6/c1-2-3-4-5-10-6-8-11(9-7-10)12(13,14)15;2*1-2/h6-9H,2-5H2,1H3;2*1-2H3. The Balaban J connectivity index is 0. The molecule has 0 spiro atoms. The predicted octanol–water partition coefficient (Wildman–Crippen LogP) is 6.49. The summed E-state index contributed by atoms with van der Waals surface area (Å²) in [5.41, 5.74) is 0.415. The van der Waals surface area contributed by atoms with E-state index in [0.29, 0.717) is 0 Å². The number of alkyl halides is 3. The van der Waals surface area contributed by atoms with Crippen molar-refractivity contribution in [2.45, 2.75) is 66.5 Å². The summed E-state index contributed by atoms with van der Waals surface area (Å²) in [6, 6.07) is 5.44. The van der Waals surface area contributed by atoms with E-state index in [1.165, 1.54) is 0 Å². The molecule has 0 aliphatic rings. The van der Waals surface area contributed by atoms with Crippen LogP contribution in [-0.4, -0.2) is 0 Å². The minimum absolute atomic E-state index is 0.568. The van der Waals surface area contributed by atoms with Crippen LogP contribution in [0.4, 0.5) is 13.2 Å². The molecule has 0 saturated heterocycles. The lowest BCUT2D eigenvalue weighted by Crippen LogP contribution is -2.04. The van der Waals surface area contributed by atoms with Crippen molar-refractivity contribution >= 4 is 0 Å². The molecule has 1 aromatic rings. The van der Waals surface area contributed by atoms with Crippen molar-refractivity contribution < 1.29 is 13.2 Å². The van der Waals surface area contributed by atoms with Gasteiger partial charge in [-0.3, -0.25) is 0 Å². The molecule has 0 N–H and O–H groups in total. The summed E-state index contributed by atoms with van der Waals surface area (Å²) < 4.78 is 36.7. The molecule has 112 valence electrons. The zero-order chi connectivity index (χ0) is 15.3. The van der Waals surface area contributed by atoms with Gasteiger partial charge in [-0.2, -0.15) is 13.2 Å². The van der Waals surface area contributed by atoms with Crippen LogP contribution in [0.3, 0.4) is 0 Å². The van der Waals surface area contributed by atoms with Crippen molar-refractivity contribution in [3.63, 3.8) is 0 Å². The lowest BCUT2D eigenvalue weighted by Gasteiger charge is -2.07. The van der Waals surface area contributed by atoms with E-state index in [2.05, 4.69) is 6.92 Å². The van der Waals surface area contributed by atoms with Crippen molar-refractivity contribution in [3.8, 4) is 0 Å². The second-order valence-corrected chi connectivity index (χ2v) is 3.65. The maximum absolute atomic E-state index is 12.2. The van der Waals surface area contributed by atoms with Crippen LogP contribution in [0.5, 0.6) is 0 Å². The highest BCUT2D eigenvalue weighted by atomic mass is 19.4. The molecule has 0 aromatic heterocycles. The highest BCUT2D eigenvalue weighted by Gasteiger charge is 2.29. The lowest BCUT2D eigenvalue weighted by molar-refractivity contribution is -0.137. The first kappa shape index (κ1) is 20.3. The molecule has 0 nitrogen and oxygen atoms in total. The van der Waals surface area contributed by atoms with Crippen LogP contribution in [0.2, 0.25) is 0 Å². The Kier molecular flexibility index (Phi) is 12.9. The summed E-state index contributed by atoms with van der Waals surface area (Å²) >= 11 is 0. The van der Waals surface area contributed by atoms with Gasteiger partial charge in [0.25, 0.3) is 0 Å². The number of halogens is 3. The van der Waals surface area contributed by atoms with E-state index in [-0.39, 0.29) is 0 Å². The number of aryl methyl sites for hydroxylation is 1. The third kappa shape index (κ3) is 9.57.